The van der Waals surface area contributed by atoms with Crippen LogP contribution in [0, 0.1) is 0 Å². The SMILES string of the molecule is CCCc1ccc(N(C)C(=O)CN)cc1. The summed E-state index contributed by atoms with van der Waals surface area (Å²) >= 11 is 0. The minimum atomic E-state index is -0.0711. The lowest BCUT2D eigenvalue weighted by atomic mass is 10.1. The van der Waals surface area contributed by atoms with Gasteiger partial charge in [0.1, 0.15) is 0 Å². The molecule has 0 aliphatic heterocycles. The van der Waals surface area contributed by atoms with Gasteiger partial charge in [0.15, 0.2) is 0 Å². The number of anilines is 1. The fourth-order valence-electron chi connectivity index (χ4n) is 1.46. The normalized spacial score (nSPS) is 10.1. The van der Waals surface area contributed by atoms with Crippen LogP contribution >= 0.6 is 0 Å². The maximum absolute atomic E-state index is 11.3. The lowest BCUT2D eigenvalue weighted by molar-refractivity contribution is -0.117. The van der Waals surface area contributed by atoms with E-state index in [0.717, 1.165) is 18.5 Å². The van der Waals surface area contributed by atoms with E-state index in [-0.39, 0.29) is 12.5 Å². The first kappa shape index (κ1) is 11.7. The highest BCUT2D eigenvalue weighted by Gasteiger charge is 2.07. The number of nitrogens with zero attached hydrogens (tertiary/aromatic N) is 1. The van der Waals surface area contributed by atoms with Crippen molar-refractivity contribution in [1.29, 1.82) is 0 Å². The zero-order valence-electron chi connectivity index (χ0n) is 9.36. The van der Waals surface area contributed by atoms with E-state index in [0.29, 0.717) is 0 Å². The second-order valence-electron chi connectivity index (χ2n) is 3.57. The number of hydrogen-bond acceptors (Lipinski definition) is 2. The van der Waals surface area contributed by atoms with Crippen LogP contribution in [-0.2, 0) is 11.2 Å². The summed E-state index contributed by atoms with van der Waals surface area (Å²) in [7, 11) is 1.74. The number of rotatable bonds is 4. The molecule has 0 heterocycles. The first-order valence-corrected chi connectivity index (χ1v) is 5.24. The van der Waals surface area contributed by atoms with Crippen LogP contribution < -0.4 is 10.6 Å². The Morgan fingerprint density at radius 1 is 1.33 bits per heavy atom. The third-order valence-corrected chi connectivity index (χ3v) is 2.41. The predicted octanol–water partition coefficient (Wildman–Crippen LogP) is 1.56. The van der Waals surface area contributed by atoms with Gasteiger partial charge in [0.2, 0.25) is 5.91 Å². The van der Waals surface area contributed by atoms with Crippen LogP contribution in [0.5, 0.6) is 0 Å². The van der Waals surface area contributed by atoms with Gasteiger partial charge >= 0.3 is 0 Å². The largest absolute Gasteiger partial charge is 0.322 e. The third kappa shape index (κ3) is 3.06. The molecule has 3 nitrogen and oxygen atoms in total. The molecule has 0 saturated heterocycles. The fourth-order valence-corrected chi connectivity index (χ4v) is 1.46. The summed E-state index contributed by atoms with van der Waals surface area (Å²) in [5, 5.41) is 0. The molecule has 2 N–H and O–H groups in total. The number of amides is 1. The van der Waals surface area contributed by atoms with Crippen LogP contribution in [0.1, 0.15) is 18.9 Å². The van der Waals surface area contributed by atoms with E-state index in [1.165, 1.54) is 5.56 Å². The van der Waals surface area contributed by atoms with Gasteiger partial charge in [-0.1, -0.05) is 25.5 Å². The molecule has 1 aromatic rings. The molecule has 1 aromatic carbocycles. The minimum absolute atomic E-state index is 0.0488. The van der Waals surface area contributed by atoms with Crippen molar-refractivity contribution >= 4 is 11.6 Å². The highest BCUT2D eigenvalue weighted by molar-refractivity contribution is 5.94. The van der Waals surface area contributed by atoms with Gasteiger partial charge < -0.3 is 10.6 Å². The number of aryl methyl sites for hydroxylation is 1. The molecule has 0 radical (unpaired) electrons. The van der Waals surface area contributed by atoms with Crippen molar-refractivity contribution in [2.45, 2.75) is 19.8 Å². The molecule has 82 valence electrons. The summed E-state index contributed by atoms with van der Waals surface area (Å²) in [6.07, 6.45) is 2.21. The number of nitrogens with two attached hydrogens (primary N) is 1. The Morgan fingerprint density at radius 3 is 2.40 bits per heavy atom. The first-order chi connectivity index (χ1) is 7.19. The van der Waals surface area contributed by atoms with Gasteiger partial charge in [-0.3, -0.25) is 4.79 Å². The maximum Gasteiger partial charge on any atom is 0.240 e. The highest BCUT2D eigenvalue weighted by atomic mass is 16.2. The van der Waals surface area contributed by atoms with Gasteiger partial charge in [-0.15, -0.1) is 0 Å². The van der Waals surface area contributed by atoms with E-state index in [9.17, 15) is 4.79 Å². The van der Waals surface area contributed by atoms with Gasteiger partial charge in [-0.05, 0) is 24.1 Å². The maximum atomic E-state index is 11.3. The Bertz CT molecular complexity index is 319. The van der Waals surface area contributed by atoms with Gasteiger partial charge in [0, 0.05) is 12.7 Å². The quantitative estimate of drug-likeness (QED) is 0.812. The number of likely N-dealkylation sites (N-methyl/N-ethyl adjacent to an activating group) is 1. The van der Waals surface area contributed by atoms with Gasteiger partial charge in [0.05, 0.1) is 6.54 Å². The zero-order valence-corrected chi connectivity index (χ0v) is 9.36. The Balaban J connectivity index is 2.75. The molecule has 0 aliphatic carbocycles. The first-order valence-electron chi connectivity index (χ1n) is 5.24. The van der Waals surface area contributed by atoms with E-state index in [1.807, 2.05) is 12.1 Å². The van der Waals surface area contributed by atoms with Crippen LogP contribution in [0.4, 0.5) is 5.69 Å². The van der Waals surface area contributed by atoms with Crippen molar-refractivity contribution in [3.63, 3.8) is 0 Å². The molecule has 0 spiro atoms. The predicted molar refractivity (Wildman–Crippen MR) is 62.9 cm³/mol. The number of carbonyl (C=O) groups is 1. The second-order valence-corrected chi connectivity index (χ2v) is 3.57. The highest BCUT2D eigenvalue weighted by Crippen LogP contribution is 2.14. The van der Waals surface area contributed by atoms with E-state index < -0.39 is 0 Å². The molecule has 15 heavy (non-hydrogen) atoms. The fraction of sp³-hybridized carbons (Fsp3) is 0.417. The van der Waals surface area contributed by atoms with Crippen LogP contribution in [0.25, 0.3) is 0 Å². The van der Waals surface area contributed by atoms with Gasteiger partial charge in [0.25, 0.3) is 0 Å². The zero-order chi connectivity index (χ0) is 11.3. The van der Waals surface area contributed by atoms with Crippen LogP contribution in [0.15, 0.2) is 24.3 Å². The standard InChI is InChI=1S/C12H18N2O/c1-3-4-10-5-7-11(8-6-10)14(2)12(15)9-13/h5-8H,3-4,9,13H2,1-2H3. The molecule has 0 aromatic heterocycles. The number of hydrogen-bond donors (Lipinski definition) is 1. The van der Waals surface area contributed by atoms with Crippen LogP contribution in [0.3, 0.4) is 0 Å². The van der Waals surface area contributed by atoms with Crippen LogP contribution in [0.2, 0.25) is 0 Å². The summed E-state index contributed by atoms with van der Waals surface area (Å²) in [5.41, 5.74) is 7.49. The van der Waals surface area contributed by atoms with Crippen molar-refractivity contribution in [1.82, 2.24) is 0 Å². The molecule has 1 rings (SSSR count). The summed E-state index contributed by atoms with van der Waals surface area (Å²) in [6.45, 7) is 2.20. The van der Waals surface area contributed by atoms with Crippen molar-refractivity contribution < 1.29 is 4.79 Å². The molecule has 0 saturated carbocycles. The Hall–Kier alpha value is -1.35. The lowest BCUT2D eigenvalue weighted by Gasteiger charge is -2.16. The van der Waals surface area contributed by atoms with Gasteiger partial charge in [-0.2, -0.15) is 0 Å². The Kier molecular flexibility index (Phi) is 4.31. The van der Waals surface area contributed by atoms with Crippen molar-refractivity contribution in [2.24, 2.45) is 5.73 Å². The molecular formula is C12H18N2O. The molecule has 0 bridgehead atoms. The molecule has 0 fully saturated rings. The average Bonchev–Trinajstić information content (AvgIpc) is 2.28. The van der Waals surface area contributed by atoms with Crippen molar-refractivity contribution in [3.8, 4) is 0 Å². The Labute approximate surface area is 90.9 Å². The number of carbonyl (C=O) groups excluding carboxylic acids is 1. The molecule has 1 amide bonds. The third-order valence-electron chi connectivity index (χ3n) is 2.41. The molecule has 0 atom stereocenters. The monoisotopic (exact) mass is 206 g/mol. The van der Waals surface area contributed by atoms with E-state index in [4.69, 9.17) is 5.73 Å². The topological polar surface area (TPSA) is 46.3 Å². The Morgan fingerprint density at radius 2 is 1.93 bits per heavy atom. The van der Waals surface area contributed by atoms with Crippen molar-refractivity contribution in [2.75, 3.05) is 18.5 Å². The van der Waals surface area contributed by atoms with Gasteiger partial charge in [-0.25, -0.2) is 0 Å². The van der Waals surface area contributed by atoms with E-state index >= 15 is 0 Å². The van der Waals surface area contributed by atoms with E-state index in [1.54, 1.807) is 11.9 Å². The minimum Gasteiger partial charge on any atom is -0.322 e. The summed E-state index contributed by atoms with van der Waals surface area (Å²) < 4.78 is 0. The summed E-state index contributed by atoms with van der Waals surface area (Å²) in [4.78, 5) is 12.9. The summed E-state index contributed by atoms with van der Waals surface area (Å²) in [5.74, 6) is -0.0711. The van der Waals surface area contributed by atoms with E-state index in [2.05, 4.69) is 19.1 Å². The van der Waals surface area contributed by atoms with Crippen molar-refractivity contribution in [3.05, 3.63) is 29.8 Å². The van der Waals surface area contributed by atoms with Crippen LogP contribution in [-0.4, -0.2) is 19.5 Å². The molecule has 0 unspecified atom stereocenters. The number of benzene rings is 1. The average molecular weight is 206 g/mol. The smallest absolute Gasteiger partial charge is 0.240 e. The summed E-state index contributed by atoms with van der Waals surface area (Å²) in [6, 6.07) is 8.02. The molecule has 3 heteroatoms. The lowest BCUT2D eigenvalue weighted by Crippen LogP contribution is -2.32. The second kappa shape index (κ2) is 5.51. The molecule has 0 aliphatic rings. The molecular weight excluding hydrogens is 188 g/mol.